The first kappa shape index (κ1) is 19.1. The highest BCUT2D eigenvalue weighted by molar-refractivity contribution is 8.26. The first-order chi connectivity index (χ1) is 13.6. The SMILES string of the molecule is CCCCN1C(=O)C(=Cc2c(N3CCCC3)nc3ccccn3c2=O)SC1=S. The molecule has 6 nitrogen and oxygen atoms in total. The van der Waals surface area contributed by atoms with Crippen molar-refractivity contribution < 1.29 is 4.79 Å². The molecule has 0 saturated carbocycles. The Labute approximate surface area is 173 Å². The lowest BCUT2D eigenvalue weighted by Gasteiger charge is -2.19. The molecule has 4 heterocycles. The van der Waals surface area contributed by atoms with Gasteiger partial charge in [-0.15, -0.1) is 0 Å². The lowest BCUT2D eigenvalue weighted by molar-refractivity contribution is -0.122. The smallest absolute Gasteiger partial charge is 0.267 e. The average Bonchev–Trinajstić information content (AvgIpc) is 3.32. The van der Waals surface area contributed by atoms with E-state index in [0.29, 0.717) is 32.8 Å². The third-order valence-corrected chi connectivity index (χ3v) is 6.42. The number of hydrogen-bond donors (Lipinski definition) is 0. The van der Waals surface area contributed by atoms with Gasteiger partial charge in [0.05, 0.1) is 10.5 Å². The summed E-state index contributed by atoms with van der Waals surface area (Å²) in [6, 6.07) is 5.50. The molecule has 0 bridgehead atoms. The third-order valence-electron chi connectivity index (χ3n) is 5.04. The fourth-order valence-electron chi connectivity index (χ4n) is 3.53. The summed E-state index contributed by atoms with van der Waals surface area (Å²) in [5, 5.41) is 0. The number of pyridine rings is 1. The lowest BCUT2D eigenvalue weighted by Crippen LogP contribution is -2.29. The summed E-state index contributed by atoms with van der Waals surface area (Å²) in [5.74, 6) is 0.543. The molecule has 2 saturated heterocycles. The van der Waals surface area contributed by atoms with Crippen molar-refractivity contribution in [2.45, 2.75) is 32.6 Å². The van der Waals surface area contributed by atoms with Crippen LogP contribution in [0.25, 0.3) is 11.7 Å². The minimum absolute atomic E-state index is 0.117. The zero-order valence-corrected chi connectivity index (χ0v) is 17.4. The summed E-state index contributed by atoms with van der Waals surface area (Å²) in [6.07, 6.45) is 7.45. The maximum absolute atomic E-state index is 13.2. The molecule has 146 valence electrons. The molecule has 0 aliphatic carbocycles. The van der Waals surface area contributed by atoms with Crippen molar-refractivity contribution in [2.75, 3.05) is 24.5 Å². The van der Waals surface area contributed by atoms with Gasteiger partial charge in [-0.25, -0.2) is 4.98 Å². The van der Waals surface area contributed by atoms with Gasteiger partial charge in [-0.05, 0) is 37.5 Å². The maximum atomic E-state index is 13.2. The minimum atomic E-state index is -0.161. The zero-order chi connectivity index (χ0) is 19.7. The van der Waals surface area contributed by atoms with Gasteiger partial charge >= 0.3 is 0 Å². The molecule has 2 aromatic heterocycles. The summed E-state index contributed by atoms with van der Waals surface area (Å²) in [4.78, 5) is 35.1. The van der Waals surface area contributed by atoms with Crippen LogP contribution in [-0.4, -0.2) is 44.1 Å². The van der Waals surface area contributed by atoms with Gasteiger partial charge in [0.15, 0.2) is 0 Å². The summed E-state index contributed by atoms with van der Waals surface area (Å²) in [7, 11) is 0. The topological polar surface area (TPSA) is 57.9 Å². The van der Waals surface area contributed by atoms with Crippen LogP contribution >= 0.6 is 24.0 Å². The van der Waals surface area contributed by atoms with E-state index in [1.54, 1.807) is 23.2 Å². The third kappa shape index (κ3) is 3.46. The molecule has 2 fully saturated rings. The van der Waals surface area contributed by atoms with Crippen molar-refractivity contribution in [1.29, 1.82) is 0 Å². The molecule has 2 aliphatic rings. The summed E-state index contributed by atoms with van der Waals surface area (Å²) in [6.45, 7) is 4.44. The average molecular weight is 415 g/mol. The highest BCUT2D eigenvalue weighted by Crippen LogP contribution is 2.34. The van der Waals surface area contributed by atoms with E-state index in [2.05, 4.69) is 11.8 Å². The van der Waals surface area contributed by atoms with Gasteiger partial charge < -0.3 is 4.90 Å². The van der Waals surface area contributed by atoms with Crippen LogP contribution in [0, 0.1) is 0 Å². The van der Waals surface area contributed by atoms with Crippen LogP contribution in [-0.2, 0) is 4.79 Å². The number of fused-ring (bicyclic) bond motifs is 1. The molecule has 0 aromatic carbocycles. The lowest BCUT2D eigenvalue weighted by atomic mass is 10.2. The molecular formula is C20H22N4O2S2. The van der Waals surface area contributed by atoms with Crippen molar-refractivity contribution in [3.63, 3.8) is 0 Å². The second-order valence-corrected chi connectivity index (χ2v) is 8.64. The number of rotatable bonds is 5. The van der Waals surface area contributed by atoms with Gasteiger partial charge in [-0.1, -0.05) is 43.4 Å². The van der Waals surface area contributed by atoms with E-state index < -0.39 is 0 Å². The quantitative estimate of drug-likeness (QED) is 0.553. The second-order valence-electron chi connectivity index (χ2n) is 6.96. The Morgan fingerprint density at radius 2 is 2.04 bits per heavy atom. The normalized spacial score (nSPS) is 18.8. The Morgan fingerprint density at radius 1 is 1.25 bits per heavy atom. The molecule has 2 aromatic rings. The Morgan fingerprint density at radius 3 is 2.79 bits per heavy atom. The van der Waals surface area contributed by atoms with Crippen LogP contribution in [0.15, 0.2) is 34.1 Å². The van der Waals surface area contributed by atoms with Crippen LogP contribution in [0.3, 0.4) is 0 Å². The number of amides is 1. The van der Waals surface area contributed by atoms with E-state index in [9.17, 15) is 9.59 Å². The largest absolute Gasteiger partial charge is 0.356 e. The standard InChI is InChI=1S/C20H22N4O2S2/c1-2-3-11-24-19(26)15(28-20(24)27)13-14-17(22-9-6-7-10-22)21-16-8-4-5-12-23(16)18(14)25/h4-5,8,12-13H,2-3,6-7,9-11H2,1H3. The fourth-order valence-corrected chi connectivity index (χ4v) is 4.82. The minimum Gasteiger partial charge on any atom is -0.356 e. The first-order valence-electron chi connectivity index (χ1n) is 9.62. The van der Waals surface area contributed by atoms with Crippen LogP contribution in [0.5, 0.6) is 0 Å². The molecule has 28 heavy (non-hydrogen) atoms. The van der Waals surface area contributed by atoms with Crippen LogP contribution < -0.4 is 10.5 Å². The molecule has 0 N–H and O–H groups in total. The van der Waals surface area contributed by atoms with E-state index in [1.807, 2.05) is 12.1 Å². The van der Waals surface area contributed by atoms with Crippen molar-refractivity contribution in [3.05, 3.63) is 45.2 Å². The molecule has 0 radical (unpaired) electrons. The van der Waals surface area contributed by atoms with E-state index in [0.717, 1.165) is 38.8 Å². The highest BCUT2D eigenvalue weighted by atomic mass is 32.2. The van der Waals surface area contributed by atoms with Gasteiger partial charge in [0.2, 0.25) is 0 Å². The molecule has 1 amide bonds. The molecule has 0 atom stereocenters. The summed E-state index contributed by atoms with van der Waals surface area (Å²) >= 11 is 6.66. The predicted molar refractivity (Wildman–Crippen MR) is 118 cm³/mol. The predicted octanol–water partition coefficient (Wildman–Crippen LogP) is 3.30. The van der Waals surface area contributed by atoms with E-state index in [4.69, 9.17) is 17.2 Å². The molecule has 8 heteroatoms. The van der Waals surface area contributed by atoms with Crippen molar-refractivity contribution >= 4 is 51.7 Å². The number of nitrogens with zero attached hydrogens (tertiary/aromatic N) is 4. The molecule has 4 rings (SSSR count). The molecular weight excluding hydrogens is 392 g/mol. The van der Waals surface area contributed by atoms with E-state index in [-0.39, 0.29) is 11.5 Å². The number of anilines is 1. The summed E-state index contributed by atoms with van der Waals surface area (Å²) in [5.41, 5.74) is 0.912. The van der Waals surface area contributed by atoms with Gasteiger partial charge in [-0.3, -0.25) is 18.9 Å². The maximum Gasteiger partial charge on any atom is 0.267 e. The van der Waals surface area contributed by atoms with Crippen molar-refractivity contribution in [2.24, 2.45) is 0 Å². The number of thioether (sulfide) groups is 1. The van der Waals surface area contributed by atoms with Gasteiger partial charge in [-0.2, -0.15) is 0 Å². The van der Waals surface area contributed by atoms with Crippen LogP contribution in [0.2, 0.25) is 0 Å². The number of carbonyl (C=O) groups is 1. The summed E-state index contributed by atoms with van der Waals surface area (Å²) < 4.78 is 2.09. The highest BCUT2D eigenvalue weighted by Gasteiger charge is 2.32. The van der Waals surface area contributed by atoms with Gasteiger partial charge in [0.25, 0.3) is 11.5 Å². The number of thiocarbonyl (C=S) groups is 1. The monoisotopic (exact) mass is 414 g/mol. The Kier molecular flexibility index (Phi) is 5.50. The molecule has 0 spiro atoms. The van der Waals surface area contributed by atoms with Crippen LogP contribution in [0.1, 0.15) is 38.2 Å². The fraction of sp³-hybridized carbons (Fsp3) is 0.400. The first-order valence-corrected chi connectivity index (χ1v) is 10.8. The number of aromatic nitrogens is 2. The van der Waals surface area contributed by atoms with E-state index >= 15 is 0 Å². The molecule has 0 unspecified atom stereocenters. The van der Waals surface area contributed by atoms with Crippen molar-refractivity contribution in [3.8, 4) is 0 Å². The second kappa shape index (κ2) is 8.05. The zero-order valence-electron chi connectivity index (χ0n) is 15.8. The number of unbranched alkanes of at least 4 members (excludes halogenated alkanes) is 1. The van der Waals surface area contributed by atoms with Crippen LogP contribution in [0.4, 0.5) is 5.82 Å². The Hall–Kier alpha value is -2.19. The molecule has 2 aliphatic heterocycles. The van der Waals surface area contributed by atoms with Crippen molar-refractivity contribution in [1.82, 2.24) is 14.3 Å². The van der Waals surface area contributed by atoms with Gasteiger partial charge in [0.1, 0.15) is 15.8 Å². The van der Waals surface area contributed by atoms with E-state index in [1.165, 1.54) is 16.2 Å². The number of hydrogen-bond acceptors (Lipinski definition) is 6. The Bertz CT molecular complexity index is 1020. The Balaban J connectivity index is 1.81. The van der Waals surface area contributed by atoms with Gasteiger partial charge in [0, 0.05) is 25.8 Å². The number of carbonyl (C=O) groups excluding carboxylic acids is 1.